The van der Waals surface area contributed by atoms with Crippen LogP contribution in [0.3, 0.4) is 0 Å². The number of aliphatic hydroxyl groups is 1. The molecular formula is C15H22N4O3. The summed E-state index contributed by atoms with van der Waals surface area (Å²) in [6.07, 6.45) is 5.32. The number of aryl methyl sites for hydroxylation is 3. The molecule has 0 saturated carbocycles. The number of aromatic amines is 1. The highest BCUT2D eigenvalue weighted by molar-refractivity contribution is 5.70. The molecule has 22 heavy (non-hydrogen) atoms. The van der Waals surface area contributed by atoms with E-state index in [-0.39, 0.29) is 0 Å². The summed E-state index contributed by atoms with van der Waals surface area (Å²) in [6, 6.07) is 0. The predicted molar refractivity (Wildman–Crippen MR) is 85.0 cm³/mol. The van der Waals surface area contributed by atoms with Crippen LogP contribution in [0.15, 0.2) is 22.2 Å². The van der Waals surface area contributed by atoms with Crippen molar-refractivity contribution in [3.8, 4) is 0 Å². The molecule has 2 aromatic rings. The average molecular weight is 306 g/mol. The number of aliphatic hydroxyl groups excluding tert-OH is 1. The van der Waals surface area contributed by atoms with Gasteiger partial charge in [-0.25, -0.2) is 9.78 Å². The second-order valence-corrected chi connectivity index (χ2v) is 5.48. The molecule has 1 atom stereocenters. The summed E-state index contributed by atoms with van der Waals surface area (Å²) in [7, 11) is 3.37. The normalized spacial score (nSPS) is 12.7. The number of hydrogen-bond donors (Lipinski definition) is 2. The number of unbranched alkanes of at least 4 members (excludes halogenated alkanes) is 2. The molecule has 2 N–H and O–H groups in total. The summed E-state index contributed by atoms with van der Waals surface area (Å²) in [5, 5.41) is 9.40. The van der Waals surface area contributed by atoms with E-state index in [9.17, 15) is 14.7 Å². The molecule has 0 radical (unpaired) electrons. The number of imidazole rings is 1. The first-order valence-electron chi connectivity index (χ1n) is 7.41. The van der Waals surface area contributed by atoms with Gasteiger partial charge in [0.25, 0.3) is 5.56 Å². The van der Waals surface area contributed by atoms with Gasteiger partial charge in [-0.3, -0.25) is 14.3 Å². The van der Waals surface area contributed by atoms with Gasteiger partial charge in [0, 0.05) is 20.5 Å². The van der Waals surface area contributed by atoms with Crippen LogP contribution < -0.4 is 11.2 Å². The molecule has 120 valence electrons. The third kappa shape index (κ3) is 3.19. The van der Waals surface area contributed by atoms with E-state index in [1.165, 1.54) is 10.6 Å². The highest BCUT2D eigenvalue weighted by Crippen LogP contribution is 2.12. The number of nitrogens with zero attached hydrogens (tertiary/aromatic N) is 3. The lowest BCUT2D eigenvalue weighted by Crippen LogP contribution is -2.29. The smallest absolute Gasteiger partial charge is 0.329 e. The first kappa shape index (κ1) is 16.2. The first-order valence-corrected chi connectivity index (χ1v) is 7.41. The fraction of sp³-hybridized carbons (Fsp3) is 0.533. The van der Waals surface area contributed by atoms with Crippen LogP contribution in [-0.4, -0.2) is 30.3 Å². The molecule has 0 amide bonds. The fourth-order valence-electron chi connectivity index (χ4n) is 2.51. The van der Waals surface area contributed by atoms with E-state index >= 15 is 0 Å². The number of aromatic nitrogens is 4. The minimum atomic E-state index is -0.458. The van der Waals surface area contributed by atoms with Gasteiger partial charge in [0.2, 0.25) is 0 Å². The van der Waals surface area contributed by atoms with Crippen molar-refractivity contribution in [3.05, 3.63) is 39.3 Å². The van der Waals surface area contributed by atoms with Gasteiger partial charge < -0.3 is 9.67 Å². The van der Waals surface area contributed by atoms with Gasteiger partial charge >= 0.3 is 5.69 Å². The van der Waals surface area contributed by atoms with Crippen LogP contribution in [0, 0.1) is 0 Å². The van der Waals surface area contributed by atoms with Crippen LogP contribution in [-0.2, 0) is 20.5 Å². The van der Waals surface area contributed by atoms with Crippen molar-refractivity contribution in [2.45, 2.75) is 38.2 Å². The standard InChI is InChI=1S/C15H22N4O3/c1-4-10(20)8-6-5-7-9-11-16-13-12(18(11)2)14(21)17-15(22)19(13)3/h4,10,20H,1,5-9H2,2-3H3,(H,17,21,22). The predicted octanol–water partition coefficient (Wildman–Crippen LogP) is 0.610. The van der Waals surface area contributed by atoms with E-state index in [0.29, 0.717) is 17.6 Å². The maximum absolute atomic E-state index is 11.9. The zero-order valence-electron chi connectivity index (χ0n) is 13.0. The van der Waals surface area contributed by atoms with Gasteiger partial charge in [0.15, 0.2) is 11.2 Å². The van der Waals surface area contributed by atoms with Crippen LogP contribution in [0.4, 0.5) is 0 Å². The SMILES string of the molecule is C=CC(O)CCCCCc1nc2c(c(=O)[nH]c(=O)n2C)n1C. The molecule has 0 aliphatic rings. The van der Waals surface area contributed by atoms with Crippen molar-refractivity contribution in [1.29, 1.82) is 0 Å². The van der Waals surface area contributed by atoms with Gasteiger partial charge in [0.05, 0.1) is 6.10 Å². The van der Waals surface area contributed by atoms with E-state index in [0.717, 1.165) is 31.5 Å². The molecule has 0 aliphatic heterocycles. The average Bonchev–Trinajstić information content (AvgIpc) is 2.82. The lowest BCUT2D eigenvalue weighted by atomic mass is 10.1. The van der Waals surface area contributed by atoms with Crippen LogP contribution in [0.1, 0.15) is 31.5 Å². The Kier molecular flexibility index (Phi) is 4.97. The summed E-state index contributed by atoms with van der Waals surface area (Å²) in [6.45, 7) is 3.54. The van der Waals surface area contributed by atoms with Crippen molar-refractivity contribution in [3.63, 3.8) is 0 Å². The van der Waals surface area contributed by atoms with Gasteiger partial charge in [0.1, 0.15) is 5.82 Å². The van der Waals surface area contributed by atoms with E-state index in [2.05, 4.69) is 16.5 Å². The van der Waals surface area contributed by atoms with Gasteiger partial charge in [-0.15, -0.1) is 6.58 Å². The Balaban J connectivity index is 2.10. The maximum atomic E-state index is 11.9. The molecule has 0 bridgehead atoms. The largest absolute Gasteiger partial charge is 0.389 e. The van der Waals surface area contributed by atoms with Gasteiger partial charge in [-0.05, 0) is 12.8 Å². The molecule has 0 aromatic carbocycles. The van der Waals surface area contributed by atoms with E-state index in [1.807, 2.05) is 0 Å². The number of hydrogen-bond acceptors (Lipinski definition) is 4. The number of fused-ring (bicyclic) bond motifs is 1. The quantitative estimate of drug-likeness (QED) is 0.579. The molecule has 2 heterocycles. The van der Waals surface area contributed by atoms with E-state index in [1.54, 1.807) is 18.7 Å². The molecular weight excluding hydrogens is 284 g/mol. The molecule has 0 fully saturated rings. The molecule has 0 aliphatic carbocycles. The van der Waals surface area contributed by atoms with Crippen LogP contribution in [0.25, 0.3) is 11.2 Å². The zero-order chi connectivity index (χ0) is 16.3. The topological polar surface area (TPSA) is 92.9 Å². The Morgan fingerprint density at radius 3 is 2.68 bits per heavy atom. The van der Waals surface area contributed by atoms with E-state index < -0.39 is 17.4 Å². The second-order valence-electron chi connectivity index (χ2n) is 5.48. The van der Waals surface area contributed by atoms with Crippen LogP contribution in [0.5, 0.6) is 0 Å². The van der Waals surface area contributed by atoms with Crippen molar-refractivity contribution in [2.75, 3.05) is 0 Å². The van der Waals surface area contributed by atoms with Gasteiger partial charge in [-0.2, -0.15) is 0 Å². The molecule has 2 rings (SSSR count). The van der Waals surface area contributed by atoms with E-state index in [4.69, 9.17) is 0 Å². The summed E-state index contributed by atoms with van der Waals surface area (Å²) < 4.78 is 3.09. The molecule has 7 heteroatoms. The Hall–Kier alpha value is -2.15. The third-order valence-electron chi connectivity index (χ3n) is 3.90. The lowest BCUT2D eigenvalue weighted by Gasteiger charge is -2.05. The van der Waals surface area contributed by atoms with Crippen molar-refractivity contribution < 1.29 is 5.11 Å². The minimum Gasteiger partial charge on any atom is -0.389 e. The highest BCUT2D eigenvalue weighted by Gasteiger charge is 2.14. The second kappa shape index (κ2) is 6.74. The highest BCUT2D eigenvalue weighted by atomic mass is 16.3. The lowest BCUT2D eigenvalue weighted by molar-refractivity contribution is 0.208. The molecule has 0 saturated heterocycles. The minimum absolute atomic E-state index is 0.409. The van der Waals surface area contributed by atoms with Crippen molar-refractivity contribution in [2.24, 2.45) is 14.1 Å². The number of H-pyrrole nitrogens is 1. The number of rotatable bonds is 7. The van der Waals surface area contributed by atoms with Crippen LogP contribution in [0.2, 0.25) is 0 Å². The van der Waals surface area contributed by atoms with Crippen LogP contribution >= 0.6 is 0 Å². The monoisotopic (exact) mass is 306 g/mol. The van der Waals surface area contributed by atoms with Crippen molar-refractivity contribution >= 4 is 11.2 Å². The molecule has 7 nitrogen and oxygen atoms in total. The molecule has 0 spiro atoms. The third-order valence-corrected chi connectivity index (χ3v) is 3.90. The summed E-state index contributed by atoms with van der Waals surface area (Å²) >= 11 is 0. The number of nitrogens with one attached hydrogen (secondary N) is 1. The fourth-order valence-corrected chi connectivity index (χ4v) is 2.51. The summed E-state index contributed by atoms with van der Waals surface area (Å²) in [4.78, 5) is 30.2. The Bertz CT molecular complexity index is 784. The summed E-state index contributed by atoms with van der Waals surface area (Å²) in [5.41, 5.74) is -0.0403. The van der Waals surface area contributed by atoms with Crippen molar-refractivity contribution in [1.82, 2.24) is 19.1 Å². The molecule has 1 unspecified atom stereocenters. The van der Waals surface area contributed by atoms with Gasteiger partial charge in [-0.1, -0.05) is 18.9 Å². The Morgan fingerprint density at radius 1 is 1.27 bits per heavy atom. The first-order chi connectivity index (χ1) is 10.5. The zero-order valence-corrected chi connectivity index (χ0v) is 13.0. The Morgan fingerprint density at radius 2 is 2.00 bits per heavy atom. The maximum Gasteiger partial charge on any atom is 0.329 e. The summed E-state index contributed by atoms with van der Waals surface area (Å²) in [5.74, 6) is 0.783. The molecule has 2 aromatic heterocycles. The Labute approximate surface area is 127 Å².